The van der Waals surface area contributed by atoms with E-state index in [4.69, 9.17) is 21.1 Å². The highest BCUT2D eigenvalue weighted by Gasteiger charge is 2.27. The van der Waals surface area contributed by atoms with Gasteiger partial charge in [0.05, 0.1) is 40.6 Å². The Kier molecular flexibility index (Phi) is 6.52. The van der Waals surface area contributed by atoms with Gasteiger partial charge in [-0.3, -0.25) is 9.52 Å². The van der Waals surface area contributed by atoms with E-state index in [0.717, 1.165) is 0 Å². The molecule has 1 N–H and O–H groups in total. The molecule has 0 bridgehead atoms. The third kappa shape index (κ3) is 4.52. The summed E-state index contributed by atoms with van der Waals surface area (Å²) in [6.07, 6.45) is 1.10. The number of hydrogen-bond donors (Lipinski definition) is 1. The maximum atomic E-state index is 12.9. The summed E-state index contributed by atoms with van der Waals surface area (Å²) < 4.78 is 38.4. The summed E-state index contributed by atoms with van der Waals surface area (Å²) in [5.74, 6) is -0.238. The molecule has 3 rings (SSSR count). The van der Waals surface area contributed by atoms with Crippen LogP contribution in [0.3, 0.4) is 0 Å². The van der Waals surface area contributed by atoms with E-state index in [9.17, 15) is 18.0 Å². The number of benzene rings is 2. The van der Waals surface area contributed by atoms with Crippen LogP contribution in [0.5, 0.6) is 5.75 Å². The molecule has 10 heteroatoms. The number of anilines is 2. The maximum Gasteiger partial charge on any atom is 0.338 e. The molecular formula is C20H21ClN2O6S. The van der Waals surface area contributed by atoms with Crippen LogP contribution in [0.25, 0.3) is 0 Å². The second kappa shape index (κ2) is 8.93. The molecule has 1 aliphatic rings. The Bertz CT molecular complexity index is 1090. The van der Waals surface area contributed by atoms with Gasteiger partial charge in [-0.05, 0) is 49.7 Å². The number of carbonyl (C=O) groups is 2. The molecule has 0 radical (unpaired) electrons. The van der Waals surface area contributed by atoms with Crippen molar-refractivity contribution in [2.24, 2.45) is 0 Å². The fraction of sp³-hybridized carbons (Fsp3) is 0.300. The van der Waals surface area contributed by atoms with Crippen LogP contribution >= 0.6 is 11.6 Å². The van der Waals surface area contributed by atoms with E-state index in [1.165, 1.54) is 48.4 Å². The molecular weight excluding hydrogens is 432 g/mol. The standard InChI is InChI=1S/C20H21ClN2O6S/c1-3-29-20(25)13-6-8-16(15(21)11-13)22-30(26,27)14-7-9-18(28-2)17(12-14)23-10-4-5-19(23)24/h6-9,11-12,22H,3-5,10H2,1-2H3. The van der Waals surface area contributed by atoms with E-state index >= 15 is 0 Å². The van der Waals surface area contributed by atoms with E-state index in [2.05, 4.69) is 4.72 Å². The smallest absolute Gasteiger partial charge is 0.338 e. The molecule has 30 heavy (non-hydrogen) atoms. The van der Waals surface area contributed by atoms with Crippen LogP contribution in [0.15, 0.2) is 41.3 Å². The number of hydrogen-bond acceptors (Lipinski definition) is 6. The topological polar surface area (TPSA) is 102 Å². The lowest BCUT2D eigenvalue weighted by Crippen LogP contribution is -2.25. The Hall–Kier alpha value is -2.78. The first-order valence-electron chi connectivity index (χ1n) is 9.24. The van der Waals surface area contributed by atoms with Gasteiger partial charge in [0.15, 0.2) is 0 Å². The summed E-state index contributed by atoms with van der Waals surface area (Å²) in [5.41, 5.74) is 0.718. The number of methoxy groups -OCH3 is 1. The second-order valence-electron chi connectivity index (χ2n) is 6.50. The van der Waals surface area contributed by atoms with E-state index in [-0.39, 0.29) is 33.7 Å². The molecule has 1 aliphatic heterocycles. The molecule has 1 fully saturated rings. The van der Waals surface area contributed by atoms with Crippen LogP contribution in [-0.2, 0) is 19.6 Å². The molecule has 2 aromatic rings. The lowest BCUT2D eigenvalue weighted by molar-refractivity contribution is -0.117. The van der Waals surface area contributed by atoms with Gasteiger partial charge >= 0.3 is 5.97 Å². The molecule has 0 saturated carbocycles. The summed E-state index contributed by atoms with van der Waals surface area (Å²) >= 11 is 6.16. The van der Waals surface area contributed by atoms with Crippen LogP contribution in [-0.4, -0.2) is 40.6 Å². The molecule has 0 unspecified atom stereocenters. The normalized spacial score (nSPS) is 14.0. The molecule has 1 heterocycles. The van der Waals surface area contributed by atoms with Gasteiger partial charge in [0, 0.05) is 13.0 Å². The minimum absolute atomic E-state index is 0.0487. The zero-order valence-electron chi connectivity index (χ0n) is 16.5. The number of amides is 1. The SMILES string of the molecule is CCOC(=O)c1ccc(NS(=O)(=O)c2ccc(OC)c(N3CCCC3=O)c2)c(Cl)c1. The first-order valence-corrected chi connectivity index (χ1v) is 11.1. The van der Waals surface area contributed by atoms with E-state index in [0.29, 0.717) is 30.8 Å². The van der Waals surface area contributed by atoms with Crippen LogP contribution in [0.1, 0.15) is 30.1 Å². The van der Waals surface area contributed by atoms with Crippen molar-refractivity contribution in [2.75, 3.05) is 29.9 Å². The highest BCUT2D eigenvalue weighted by atomic mass is 35.5. The van der Waals surface area contributed by atoms with E-state index < -0.39 is 16.0 Å². The number of esters is 1. The van der Waals surface area contributed by atoms with Crippen molar-refractivity contribution in [1.29, 1.82) is 0 Å². The highest BCUT2D eigenvalue weighted by Crippen LogP contribution is 2.34. The van der Waals surface area contributed by atoms with Crippen LogP contribution in [0, 0.1) is 0 Å². The number of nitrogens with one attached hydrogen (secondary N) is 1. The Balaban J connectivity index is 1.91. The third-order valence-corrected chi connectivity index (χ3v) is 6.23. The zero-order valence-corrected chi connectivity index (χ0v) is 18.0. The van der Waals surface area contributed by atoms with Crippen LogP contribution in [0.2, 0.25) is 5.02 Å². The highest BCUT2D eigenvalue weighted by molar-refractivity contribution is 7.92. The van der Waals surface area contributed by atoms with Crippen molar-refractivity contribution in [3.05, 3.63) is 47.0 Å². The summed E-state index contributed by atoms with van der Waals surface area (Å²) in [6, 6.07) is 8.42. The number of sulfonamides is 1. The average Bonchev–Trinajstić information content (AvgIpc) is 3.14. The molecule has 2 aromatic carbocycles. The molecule has 0 atom stereocenters. The molecule has 0 aromatic heterocycles. The summed E-state index contributed by atoms with van der Waals surface area (Å²) in [7, 11) is -2.56. The van der Waals surface area contributed by atoms with Gasteiger partial charge in [-0.1, -0.05) is 11.6 Å². The van der Waals surface area contributed by atoms with Crippen molar-refractivity contribution in [1.82, 2.24) is 0 Å². The second-order valence-corrected chi connectivity index (χ2v) is 8.59. The predicted molar refractivity (Wildman–Crippen MR) is 113 cm³/mol. The minimum atomic E-state index is -4.02. The summed E-state index contributed by atoms with van der Waals surface area (Å²) in [6.45, 7) is 2.39. The number of ether oxygens (including phenoxy) is 2. The van der Waals surface area contributed by atoms with Gasteiger partial charge in [-0.15, -0.1) is 0 Å². The van der Waals surface area contributed by atoms with E-state index in [1.54, 1.807) is 6.92 Å². The lowest BCUT2D eigenvalue weighted by atomic mass is 10.2. The quantitative estimate of drug-likeness (QED) is 0.645. The monoisotopic (exact) mass is 452 g/mol. The Morgan fingerprint density at radius 2 is 2.00 bits per heavy atom. The molecule has 1 amide bonds. The van der Waals surface area contributed by atoms with Crippen molar-refractivity contribution < 1.29 is 27.5 Å². The fourth-order valence-corrected chi connectivity index (χ4v) is 4.48. The molecule has 0 spiro atoms. The van der Waals surface area contributed by atoms with E-state index in [1.807, 2.05) is 0 Å². The van der Waals surface area contributed by atoms with Gasteiger partial charge in [0.1, 0.15) is 5.75 Å². The van der Waals surface area contributed by atoms with Crippen LogP contribution in [0.4, 0.5) is 11.4 Å². The molecule has 8 nitrogen and oxygen atoms in total. The van der Waals surface area contributed by atoms with Gasteiger partial charge < -0.3 is 14.4 Å². The first-order chi connectivity index (χ1) is 14.3. The number of halogens is 1. The Morgan fingerprint density at radius 1 is 1.23 bits per heavy atom. The van der Waals surface area contributed by atoms with Crippen molar-refractivity contribution in [3.63, 3.8) is 0 Å². The largest absolute Gasteiger partial charge is 0.495 e. The zero-order chi connectivity index (χ0) is 21.9. The Labute approximate surface area is 179 Å². The third-order valence-electron chi connectivity index (χ3n) is 4.55. The molecule has 0 aliphatic carbocycles. The average molecular weight is 453 g/mol. The van der Waals surface area contributed by atoms with Gasteiger partial charge in [0.25, 0.3) is 10.0 Å². The number of nitrogens with zero attached hydrogens (tertiary/aromatic N) is 1. The fourth-order valence-electron chi connectivity index (χ4n) is 3.09. The number of carbonyl (C=O) groups excluding carboxylic acids is 2. The predicted octanol–water partition coefficient (Wildman–Crippen LogP) is 3.45. The summed E-state index contributed by atoms with van der Waals surface area (Å²) in [4.78, 5) is 25.4. The maximum absolute atomic E-state index is 12.9. The number of rotatable bonds is 7. The first kappa shape index (κ1) is 21.9. The van der Waals surface area contributed by atoms with Crippen molar-refractivity contribution in [3.8, 4) is 5.75 Å². The van der Waals surface area contributed by atoms with Crippen molar-refractivity contribution in [2.45, 2.75) is 24.7 Å². The molecule has 1 saturated heterocycles. The van der Waals surface area contributed by atoms with Crippen LogP contribution < -0.4 is 14.4 Å². The van der Waals surface area contributed by atoms with Gasteiger partial charge in [0.2, 0.25) is 5.91 Å². The van der Waals surface area contributed by atoms with Crippen molar-refractivity contribution >= 4 is 44.9 Å². The lowest BCUT2D eigenvalue weighted by Gasteiger charge is -2.20. The van der Waals surface area contributed by atoms with Gasteiger partial charge in [-0.25, -0.2) is 13.2 Å². The minimum Gasteiger partial charge on any atom is -0.495 e. The Morgan fingerprint density at radius 3 is 2.60 bits per heavy atom. The molecule has 160 valence electrons. The van der Waals surface area contributed by atoms with Gasteiger partial charge in [-0.2, -0.15) is 0 Å². The summed E-state index contributed by atoms with van der Waals surface area (Å²) in [5, 5.41) is 0.0487.